The summed E-state index contributed by atoms with van der Waals surface area (Å²) in [4.78, 5) is 36.8. The third-order valence-electron chi connectivity index (χ3n) is 4.49. The van der Waals surface area contributed by atoms with Crippen molar-refractivity contribution in [1.82, 2.24) is 20.2 Å². The number of morpholine rings is 1. The van der Waals surface area contributed by atoms with Gasteiger partial charge in [-0.25, -0.2) is 14.4 Å². The number of nitrogens with zero attached hydrogens (tertiary/aromatic N) is 4. The maximum atomic E-state index is 13.8. The molecular weight excluding hydrogens is 377 g/mol. The number of likely N-dealkylation sites (N-methyl/N-ethyl adjacent to an activating group) is 1. The Bertz CT molecular complexity index is 886. The molecule has 154 valence electrons. The molecule has 0 unspecified atom stereocenters. The highest BCUT2D eigenvalue weighted by Crippen LogP contribution is 2.12. The monoisotopic (exact) mass is 401 g/mol. The third-order valence-corrected chi connectivity index (χ3v) is 4.49. The van der Waals surface area contributed by atoms with Crippen molar-refractivity contribution in [2.75, 3.05) is 44.8 Å². The van der Waals surface area contributed by atoms with Gasteiger partial charge < -0.3 is 19.9 Å². The minimum atomic E-state index is -0.614. The van der Waals surface area contributed by atoms with Crippen LogP contribution in [0.3, 0.4) is 0 Å². The fourth-order valence-electron chi connectivity index (χ4n) is 2.98. The van der Waals surface area contributed by atoms with Crippen LogP contribution < -0.4 is 10.2 Å². The first-order valence-corrected chi connectivity index (χ1v) is 9.38. The van der Waals surface area contributed by atoms with E-state index in [1.54, 1.807) is 12.1 Å². The fourth-order valence-corrected chi connectivity index (χ4v) is 2.98. The molecule has 1 fully saturated rings. The second-order valence-corrected chi connectivity index (χ2v) is 6.82. The van der Waals surface area contributed by atoms with E-state index in [1.165, 1.54) is 30.1 Å². The van der Waals surface area contributed by atoms with Crippen LogP contribution in [0.4, 0.5) is 10.3 Å². The number of hydrogen-bond donors (Lipinski definition) is 1. The van der Waals surface area contributed by atoms with Crippen LogP contribution in [-0.4, -0.2) is 66.6 Å². The Hall–Kier alpha value is -3.07. The number of ether oxygens (including phenoxy) is 1. The molecule has 0 radical (unpaired) electrons. The number of hydrogen-bond acceptors (Lipinski definition) is 6. The molecule has 1 aromatic carbocycles. The van der Waals surface area contributed by atoms with Gasteiger partial charge in [0.2, 0.25) is 11.9 Å². The Kier molecular flexibility index (Phi) is 6.71. The summed E-state index contributed by atoms with van der Waals surface area (Å²) >= 11 is 0. The summed E-state index contributed by atoms with van der Waals surface area (Å²) in [6, 6.07) is 7.49. The summed E-state index contributed by atoms with van der Waals surface area (Å²) in [5.74, 6) is -0.909. The van der Waals surface area contributed by atoms with Gasteiger partial charge in [-0.1, -0.05) is 12.1 Å². The summed E-state index contributed by atoms with van der Waals surface area (Å²) in [5.41, 5.74) is 1.41. The Labute approximate surface area is 168 Å². The topological polar surface area (TPSA) is 87.7 Å². The van der Waals surface area contributed by atoms with Crippen molar-refractivity contribution in [1.29, 1.82) is 0 Å². The number of nitrogens with one attached hydrogen (secondary N) is 1. The molecule has 2 heterocycles. The lowest BCUT2D eigenvalue weighted by Crippen LogP contribution is -2.39. The van der Waals surface area contributed by atoms with E-state index in [9.17, 15) is 14.0 Å². The molecular formula is C20H24FN5O3. The first kappa shape index (κ1) is 20.7. The van der Waals surface area contributed by atoms with E-state index in [0.29, 0.717) is 24.9 Å². The van der Waals surface area contributed by atoms with Gasteiger partial charge in [0.25, 0.3) is 5.91 Å². The molecule has 0 spiro atoms. The zero-order valence-electron chi connectivity index (χ0n) is 16.5. The maximum absolute atomic E-state index is 13.8. The molecule has 0 atom stereocenters. The predicted octanol–water partition coefficient (Wildman–Crippen LogP) is 1.15. The average Bonchev–Trinajstić information content (AvgIpc) is 2.72. The molecule has 1 N–H and O–H groups in total. The minimum absolute atomic E-state index is 0.0654. The Morgan fingerprint density at radius 2 is 1.97 bits per heavy atom. The summed E-state index contributed by atoms with van der Waals surface area (Å²) in [7, 11) is 1.46. The SMILES string of the molecule is Cc1cc(CNC(=O)CN(C)C(=O)c2ccccc2F)nc(N2CCOCC2)n1. The van der Waals surface area contributed by atoms with Crippen LogP contribution >= 0.6 is 0 Å². The molecule has 2 amide bonds. The number of rotatable bonds is 6. The number of carbonyl (C=O) groups is 2. The van der Waals surface area contributed by atoms with E-state index in [0.717, 1.165) is 18.8 Å². The van der Waals surface area contributed by atoms with Crippen molar-refractivity contribution in [2.24, 2.45) is 0 Å². The molecule has 0 saturated carbocycles. The Balaban J connectivity index is 1.57. The Morgan fingerprint density at radius 3 is 2.69 bits per heavy atom. The van der Waals surface area contributed by atoms with Crippen LogP contribution in [-0.2, 0) is 16.1 Å². The zero-order valence-corrected chi connectivity index (χ0v) is 16.5. The molecule has 3 rings (SSSR count). The van der Waals surface area contributed by atoms with Crippen molar-refractivity contribution in [2.45, 2.75) is 13.5 Å². The number of carbonyl (C=O) groups excluding carboxylic acids is 2. The highest BCUT2D eigenvalue weighted by molar-refractivity contribution is 5.96. The predicted molar refractivity (Wildman–Crippen MR) is 105 cm³/mol. The number of benzene rings is 1. The number of halogens is 1. The van der Waals surface area contributed by atoms with Gasteiger partial charge in [0.05, 0.1) is 37.6 Å². The van der Waals surface area contributed by atoms with Gasteiger partial charge in [0.15, 0.2) is 0 Å². The van der Waals surface area contributed by atoms with Gasteiger partial charge in [0, 0.05) is 25.8 Å². The molecule has 0 aliphatic carbocycles. The van der Waals surface area contributed by atoms with Crippen LogP contribution in [0.25, 0.3) is 0 Å². The molecule has 8 nitrogen and oxygen atoms in total. The van der Waals surface area contributed by atoms with Gasteiger partial charge in [-0.05, 0) is 25.1 Å². The van der Waals surface area contributed by atoms with Crippen LogP contribution in [0.5, 0.6) is 0 Å². The summed E-state index contributed by atoms with van der Waals surface area (Å²) in [5, 5.41) is 2.75. The molecule has 9 heteroatoms. The van der Waals surface area contributed by atoms with Crippen molar-refractivity contribution in [3.63, 3.8) is 0 Å². The minimum Gasteiger partial charge on any atom is -0.378 e. The average molecular weight is 401 g/mol. The lowest BCUT2D eigenvalue weighted by molar-refractivity contribution is -0.121. The largest absolute Gasteiger partial charge is 0.378 e. The van der Waals surface area contributed by atoms with Crippen LogP contribution in [0.2, 0.25) is 0 Å². The molecule has 1 aromatic heterocycles. The standard InChI is InChI=1S/C20H24FN5O3/c1-14-11-15(24-20(23-14)26-7-9-29-10-8-26)12-22-18(27)13-25(2)19(28)16-5-3-4-6-17(16)21/h3-6,11H,7-10,12-13H2,1-2H3,(H,22,27). The van der Waals surface area contributed by atoms with E-state index in [2.05, 4.69) is 15.3 Å². The second kappa shape index (κ2) is 9.42. The molecule has 1 aliphatic heterocycles. The van der Waals surface area contributed by atoms with Crippen molar-refractivity contribution in [3.05, 3.63) is 53.1 Å². The quantitative estimate of drug-likeness (QED) is 0.781. The normalized spacial score (nSPS) is 13.8. The van der Waals surface area contributed by atoms with Crippen molar-refractivity contribution in [3.8, 4) is 0 Å². The van der Waals surface area contributed by atoms with E-state index in [1.807, 2.05) is 11.8 Å². The lowest BCUT2D eigenvalue weighted by Gasteiger charge is -2.27. The van der Waals surface area contributed by atoms with E-state index < -0.39 is 11.7 Å². The number of amides is 2. The fraction of sp³-hybridized carbons (Fsp3) is 0.400. The second-order valence-electron chi connectivity index (χ2n) is 6.82. The summed E-state index contributed by atoms with van der Waals surface area (Å²) < 4.78 is 19.1. The third kappa shape index (κ3) is 5.47. The highest BCUT2D eigenvalue weighted by atomic mass is 19.1. The van der Waals surface area contributed by atoms with Crippen LogP contribution in [0.1, 0.15) is 21.7 Å². The van der Waals surface area contributed by atoms with Crippen molar-refractivity contribution >= 4 is 17.8 Å². The smallest absolute Gasteiger partial charge is 0.257 e. The Morgan fingerprint density at radius 1 is 1.24 bits per heavy atom. The zero-order chi connectivity index (χ0) is 20.8. The number of aryl methyl sites for hydroxylation is 1. The van der Waals surface area contributed by atoms with Gasteiger partial charge in [-0.15, -0.1) is 0 Å². The summed E-state index contributed by atoms with van der Waals surface area (Å²) in [6.45, 7) is 4.60. The maximum Gasteiger partial charge on any atom is 0.257 e. The molecule has 0 bridgehead atoms. The molecule has 1 aliphatic rings. The first-order chi connectivity index (χ1) is 13.9. The highest BCUT2D eigenvalue weighted by Gasteiger charge is 2.18. The number of anilines is 1. The van der Waals surface area contributed by atoms with E-state index in [4.69, 9.17) is 4.74 Å². The van der Waals surface area contributed by atoms with Crippen LogP contribution in [0.15, 0.2) is 30.3 Å². The van der Waals surface area contributed by atoms with Crippen LogP contribution in [0, 0.1) is 12.7 Å². The van der Waals surface area contributed by atoms with E-state index in [-0.39, 0.29) is 24.6 Å². The van der Waals surface area contributed by atoms with Gasteiger partial charge in [0.1, 0.15) is 5.82 Å². The van der Waals surface area contributed by atoms with Crippen molar-refractivity contribution < 1.29 is 18.7 Å². The van der Waals surface area contributed by atoms with Gasteiger partial charge >= 0.3 is 0 Å². The first-order valence-electron chi connectivity index (χ1n) is 9.38. The summed E-state index contributed by atoms with van der Waals surface area (Å²) in [6.07, 6.45) is 0. The molecule has 2 aromatic rings. The molecule has 1 saturated heterocycles. The van der Waals surface area contributed by atoms with E-state index >= 15 is 0 Å². The van der Waals surface area contributed by atoms with Gasteiger partial charge in [-0.2, -0.15) is 0 Å². The van der Waals surface area contributed by atoms with Gasteiger partial charge in [-0.3, -0.25) is 9.59 Å². The number of aromatic nitrogens is 2. The lowest BCUT2D eigenvalue weighted by atomic mass is 10.2. The molecule has 29 heavy (non-hydrogen) atoms.